The predicted octanol–water partition coefficient (Wildman–Crippen LogP) is 1.77. The lowest BCUT2D eigenvalue weighted by atomic mass is 10.1. The number of nitrogens with zero attached hydrogens (tertiary/aromatic N) is 1. The van der Waals surface area contributed by atoms with Crippen molar-refractivity contribution >= 4 is 23.2 Å². The summed E-state index contributed by atoms with van der Waals surface area (Å²) < 4.78 is 0. The second kappa shape index (κ2) is 4.94. The molecule has 0 spiro atoms. The maximum Gasteiger partial charge on any atom is 0.253 e. The molecule has 4 nitrogen and oxygen atoms in total. The van der Waals surface area contributed by atoms with Crippen molar-refractivity contribution in [3.8, 4) is 0 Å². The first-order valence-corrected chi connectivity index (χ1v) is 5.61. The molecule has 0 radical (unpaired) electrons. The molecule has 0 aliphatic heterocycles. The van der Waals surface area contributed by atoms with Gasteiger partial charge in [-0.2, -0.15) is 0 Å². The summed E-state index contributed by atoms with van der Waals surface area (Å²) in [4.78, 5) is 13.4. The fourth-order valence-electron chi connectivity index (χ4n) is 1.53. The van der Waals surface area contributed by atoms with Crippen molar-refractivity contribution in [2.75, 3.05) is 19.3 Å². The molecule has 0 fully saturated rings. The molecule has 1 aromatic rings. The van der Waals surface area contributed by atoms with Crippen LogP contribution in [0, 0.1) is 0 Å². The zero-order valence-corrected chi connectivity index (χ0v) is 11.0. The van der Waals surface area contributed by atoms with E-state index in [-0.39, 0.29) is 12.5 Å². The Bertz CT molecular complexity index is 427. The van der Waals surface area contributed by atoms with Gasteiger partial charge in [-0.1, -0.05) is 11.6 Å². The monoisotopic (exact) mass is 256 g/mol. The van der Waals surface area contributed by atoms with Crippen LogP contribution in [0.15, 0.2) is 18.2 Å². The molecule has 94 valence electrons. The van der Waals surface area contributed by atoms with Crippen molar-refractivity contribution in [3.05, 3.63) is 28.8 Å². The standard InChI is InChI=1S/C12H17ClN2O2/c1-12(2,17)7-15(3)11(16)8-4-5-10(14)9(13)6-8/h4-6,17H,7,14H2,1-3H3. The molecule has 3 N–H and O–H groups in total. The van der Waals surface area contributed by atoms with Gasteiger partial charge in [-0.25, -0.2) is 0 Å². The quantitative estimate of drug-likeness (QED) is 0.810. The average molecular weight is 257 g/mol. The van der Waals surface area contributed by atoms with Gasteiger partial charge in [-0.05, 0) is 32.0 Å². The van der Waals surface area contributed by atoms with E-state index in [0.717, 1.165) is 0 Å². The zero-order valence-electron chi connectivity index (χ0n) is 10.2. The molecule has 0 aromatic heterocycles. The number of hydrogen-bond donors (Lipinski definition) is 2. The van der Waals surface area contributed by atoms with E-state index in [9.17, 15) is 9.90 Å². The molecule has 0 saturated heterocycles. The summed E-state index contributed by atoms with van der Waals surface area (Å²) >= 11 is 5.85. The van der Waals surface area contributed by atoms with Gasteiger partial charge in [0.05, 0.1) is 16.3 Å². The van der Waals surface area contributed by atoms with Crippen LogP contribution in [0.5, 0.6) is 0 Å². The number of likely N-dealkylation sites (N-methyl/N-ethyl adjacent to an activating group) is 1. The Morgan fingerprint density at radius 3 is 2.59 bits per heavy atom. The fraction of sp³-hybridized carbons (Fsp3) is 0.417. The highest BCUT2D eigenvalue weighted by molar-refractivity contribution is 6.33. The lowest BCUT2D eigenvalue weighted by Gasteiger charge is -2.25. The first kappa shape index (κ1) is 13.8. The third kappa shape index (κ3) is 3.91. The number of halogens is 1. The average Bonchev–Trinajstić information content (AvgIpc) is 2.18. The molecule has 0 saturated carbocycles. The van der Waals surface area contributed by atoms with Crippen LogP contribution < -0.4 is 5.73 Å². The van der Waals surface area contributed by atoms with Crippen LogP contribution in [0.3, 0.4) is 0 Å². The minimum absolute atomic E-state index is 0.200. The smallest absolute Gasteiger partial charge is 0.253 e. The molecule has 17 heavy (non-hydrogen) atoms. The summed E-state index contributed by atoms with van der Waals surface area (Å²) in [6.45, 7) is 3.54. The summed E-state index contributed by atoms with van der Waals surface area (Å²) in [5, 5.41) is 10.00. The highest BCUT2D eigenvalue weighted by Crippen LogP contribution is 2.20. The molecule has 0 aliphatic rings. The number of nitrogens with two attached hydrogens (primary N) is 1. The first-order chi connectivity index (χ1) is 7.70. The number of amides is 1. The van der Waals surface area contributed by atoms with E-state index in [4.69, 9.17) is 17.3 Å². The topological polar surface area (TPSA) is 66.6 Å². The molecule has 0 atom stereocenters. The number of benzene rings is 1. The van der Waals surface area contributed by atoms with Gasteiger partial charge in [0.15, 0.2) is 0 Å². The predicted molar refractivity (Wildman–Crippen MR) is 69.1 cm³/mol. The third-order valence-corrected chi connectivity index (χ3v) is 2.55. The Balaban J connectivity index is 2.85. The number of aliphatic hydroxyl groups is 1. The van der Waals surface area contributed by atoms with Crippen LogP contribution in [0.25, 0.3) is 0 Å². The summed E-state index contributed by atoms with van der Waals surface area (Å²) in [5.41, 5.74) is 5.53. The van der Waals surface area contributed by atoms with Gasteiger partial charge >= 0.3 is 0 Å². The van der Waals surface area contributed by atoms with E-state index in [1.54, 1.807) is 33.0 Å². The number of rotatable bonds is 3. The largest absolute Gasteiger partial charge is 0.398 e. The van der Waals surface area contributed by atoms with Gasteiger partial charge in [0.1, 0.15) is 0 Å². The summed E-state index contributed by atoms with van der Waals surface area (Å²) in [6.07, 6.45) is 0. The number of carbonyl (C=O) groups is 1. The maximum absolute atomic E-state index is 12.0. The van der Waals surface area contributed by atoms with Gasteiger partial charge in [0.2, 0.25) is 0 Å². The summed E-state index contributed by atoms with van der Waals surface area (Å²) in [7, 11) is 1.63. The van der Waals surface area contributed by atoms with Crippen molar-refractivity contribution in [1.29, 1.82) is 0 Å². The summed E-state index contributed by atoms with van der Waals surface area (Å²) in [5.74, 6) is -0.200. The second-order valence-corrected chi connectivity index (χ2v) is 5.12. The highest BCUT2D eigenvalue weighted by atomic mass is 35.5. The normalized spacial score (nSPS) is 11.4. The molecule has 1 amide bonds. The number of nitrogen functional groups attached to an aromatic ring is 1. The van der Waals surface area contributed by atoms with E-state index in [0.29, 0.717) is 16.3 Å². The van der Waals surface area contributed by atoms with E-state index >= 15 is 0 Å². The molecule has 0 heterocycles. The van der Waals surface area contributed by atoms with Crippen molar-refractivity contribution in [2.24, 2.45) is 0 Å². The SMILES string of the molecule is CN(CC(C)(C)O)C(=O)c1ccc(N)c(Cl)c1. The van der Waals surface area contributed by atoms with E-state index in [1.165, 1.54) is 11.0 Å². The van der Waals surface area contributed by atoms with Crippen molar-refractivity contribution < 1.29 is 9.90 Å². The fourth-order valence-corrected chi connectivity index (χ4v) is 1.71. The number of anilines is 1. The Labute approximate surface area is 106 Å². The molecule has 1 aromatic carbocycles. The molecule has 5 heteroatoms. The first-order valence-electron chi connectivity index (χ1n) is 5.23. The summed E-state index contributed by atoms with van der Waals surface area (Å²) in [6, 6.07) is 4.73. The lowest BCUT2D eigenvalue weighted by Crippen LogP contribution is -2.39. The minimum Gasteiger partial charge on any atom is -0.398 e. The zero-order chi connectivity index (χ0) is 13.2. The Morgan fingerprint density at radius 2 is 2.12 bits per heavy atom. The van der Waals surface area contributed by atoms with E-state index < -0.39 is 5.60 Å². The van der Waals surface area contributed by atoms with Crippen LogP contribution in [-0.4, -0.2) is 35.1 Å². The molecular weight excluding hydrogens is 240 g/mol. The van der Waals surface area contributed by atoms with Gasteiger partial charge < -0.3 is 15.7 Å². The van der Waals surface area contributed by atoms with E-state index in [1.807, 2.05) is 0 Å². The van der Waals surface area contributed by atoms with Crippen LogP contribution >= 0.6 is 11.6 Å². The van der Waals surface area contributed by atoms with Crippen LogP contribution in [0.1, 0.15) is 24.2 Å². The van der Waals surface area contributed by atoms with Crippen molar-refractivity contribution in [1.82, 2.24) is 4.90 Å². The van der Waals surface area contributed by atoms with Crippen LogP contribution in [0.2, 0.25) is 5.02 Å². The Morgan fingerprint density at radius 1 is 1.53 bits per heavy atom. The van der Waals surface area contributed by atoms with Crippen molar-refractivity contribution in [3.63, 3.8) is 0 Å². The van der Waals surface area contributed by atoms with Gasteiger partial charge in [0.25, 0.3) is 5.91 Å². The van der Waals surface area contributed by atoms with Gasteiger partial charge in [0, 0.05) is 19.2 Å². The van der Waals surface area contributed by atoms with Crippen LogP contribution in [0.4, 0.5) is 5.69 Å². The lowest BCUT2D eigenvalue weighted by molar-refractivity contribution is 0.0368. The molecule has 0 unspecified atom stereocenters. The minimum atomic E-state index is -0.929. The number of carbonyl (C=O) groups excluding carboxylic acids is 1. The maximum atomic E-state index is 12.0. The second-order valence-electron chi connectivity index (χ2n) is 4.71. The molecule has 0 aliphatic carbocycles. The van der Waals surface area contributed by atoms with E-state index in [2.05, 4.69) is 0 Å². The number of hydrogen-bond acceptors (Lipinski definition) is 3. The van der Waals surface area contributed by atoms with Crippen LogP contribution in [-0.2, 0) is 0 Å². The Kier molecular flexibility index (Phi) is 4.01. The van der Waals surface area contributed by atoms with Gasteiger partial charge in [-0.3, -0.25) is 4.79 Å². The highest BCUT2D eigenvalue weighted by Gasteiger charge is 2.20. The molecule has 0 bridgehead atoms. The Hall–Kier alpha value is -1.26. The van der Waals surface area contributed by atoms with Gasteiger partial charge in [-0.15, -0.1) is 0 Å². The van der Waals surface area contributed by atoms with Crippen molar-refractivity contribution in [2.45, 2.75) is 19.4 Å². The molecule has 1 rings (SSSR count). The molecular formula is C12H17ClN2O2. The third-order valence-electron chi connectivity index (χ3n) is 2.22.